The predicted molar refractivity (Wildman–Crippen MR) is 70.4 cm³/mol. The monoisotopic (exact) mass is 265 g/mol. The molecule has 1 aromatic carbocycles. The van der Waals surface area contributed by atoms with E-state index in [1.807, 2.05) is 25.1 Å². The number of ether oxygens (including phenoxy) is 1. The summed E-state index contributed by atoms with van der Waals surface area (Å²) >= 11 is 1.18. The van der Waals surface area contributed by atoms with Crippen LogP contribution in [-0.2, 0) is 16.1 Å². The molecule has 1 amide bonds. The van der Waals surface area contributed by atoms with Gasteiger partial charge in [-0.25, -0.2) is 0 Å². The lowest BCUT2D eigenvalue weighted by Crippen LogP contribution is -2.27. The highest BCUT2D eigenvalue weighted by molar-refractivity contribution is 7.00. The zero-order chi connectivity index (χ0) is 12.8. The number of hydrogen-bond donors (Lipinski definition) is 1. The number of carbonyl (C=O) groups is 1. The van der Waals surface area contributed by atoms with Crippen LogP contribution in [0.5, 0.6) is 0 Å². The van der Waals surface area contributed by atoms with E-state index in [9.17, 15) is 4.79 Å². The molecular formula is C12H15N3O2S. The summed E-state index contributed by atoms with van der Waals surface area (Å²) in [4.78, 5) is 11.5. The second-order valence-corrected chi connectivity index (χ2v) is 4.41. The summed E-state index contributed by atoms with van der Waals surface area (Å²) in [6.07, 6.45) is 0.914. The van der Waals surface area contributed by atoms with E-state index in [1.165, 1.54) is 11.7 Å². The minimum Gasteiger partial charge on any atom is -0.372 e. The molecule has 0 saturated carbocycles. The van der Waals surface area contributed by atoms with Gasteiger partial charge in [0.1, 0.15) is 17.6 Å². The molecule has 0 radical (unpaired) electrons. The summed E-state index contributed by atoms with van der Waals surface area (Å²) in [5.74, 6) is -0.108. The number of benzene rings is 1. The van der Waals surface area contributed by atoms with Gasteiger partial charge in [-0.1, -0.05) is 19.1 Å². The van der Waals surface area contributed by atoms with E-state index in [2.05, 4.69) is 14.1 Å². The van der Waals surface area contributed by atoms with Crippen molar-refractivity contribution in [1.82, 2.24) is 14.1 Å². The SMILES string of the molecule is CCCOCC(=O)NCc1cccc2nsnc12. The number of amides is 1. The summed E-state index contributed by atoms with van der Waals surface area (Å²) in [6.45, 7) is 3.18. The molecule has 0 aliphatic heterocycles. The molecule has 0 fully saturated rings. The summed E-state index contributed by atoms with van der Waals surface area (Å²) in [7, 11) is 0. The van der Waals surface area contributed by atoms with Crippen molar-refractivity contribution in [2.45, 2.75) is 19.9 Å². The summed E-state index contributed by atoms with van der Waals surface area (Å²) in [5, 5.41) is 2.81. The van der Waals surface area contributed by atoms with Crippen LogP contribution in [0, 0.1) is 0 Å². The maximum absolute atomic E-state index is 11.5. The fourth-order valence-corrected chi connectivity index (χ4v) is 2.13. The van der Waals surface area contributed by atoms with Crippen LogP contribution >= 0.6 is 11.7 Å². The first-order valence-electron chi connectivity index (χ1n) is 5.86. The highest BCUT2D eigenvalue weighted by Crippen LogP contribution is 2.15. The lowest BCUT2D eigenvalue weighted by molar-refractivity contribution is -0.125. The van der Waals surface area contributed by atoms with Gasteiger partial charge in [-0.05, 0) is 12.5 Å². The highest BCUT2D eigenvalue weighted by atomic mass is 32.1. The van der Waals surface area contributed by atoms with E-state index in [4.69, 9.17) is 4.74 Å². The molecule has 5 nitrogen and oxygen atoms in total. The van der Waals surface area contributed by atoms with Crippen molar-refractivity contribution in [2.75, 3.05) is 13.2 Å². The van der Waals surface area contributed by atoms with Crippen molar-refractivity contribution in [2.24, 2.45) is 0 Å². The van der Waals surface area contributed by atoms with E-state index in [-0.39, 0.29) is 12.5 Å². The van der Waals surface area contributed by atoms with Crippen molar-refractivity contribution >= 4 is 28.7 Å². The first kappa shape index (κ1) is 12.9. The number of rotatable bonds is 6. The molecule has 0 atom stereocenters. The van der Waals surface area contributed by atoms with Crippen molar-refractivity contribution in [3.05, 3.63) is 23.8 Å². The molecule has 2 aromatic rings. The van der Waals surface area contributed by atoms with E-state index in [0.717, 1.165) is 23.0 Å². The van der Waals surface area contributed by atoms with Crippen molar-refractivity contribution in [3.8, 4) is 0 Å². The molecule has 0 unspecified atom stereocenters. The number of aromatic nitrogens is 2. The van der Waals surface area contributed by atoms with Crippen LogP contribution in [0.1, 0.15) is 18.9 Å². The van der Waals surface area contributed by atoms with E-state index in [0.29, 0.717) is 13.2 Å². The molecule has 0 bridgehead atoms. The average Bonchev–Trinajstić information content (AvgIpc) is 2.85. The molecule has 96 valence electrons. The van der Waals surface area contributed by atoms with Crippen molar-refractivity contribution in [1.29, 1.82) is 0 Å². The van der Waals surface area contributed by atoms with Gasteiger partial charge in [-0.2, -0.15) is 8.75 Å². The molecule has 2 rings (SSSR count). The standard InChI is InChI=1S/C12H15N3O2S/c1-2-6-17-8-11(16)13-7-9-4-3-5-10-12(9)15-18-14-10/h3-5H,2,6-8H2,1H3,(H,13,16). The Morgan fingerprint density at radius 3 is 3.17 bits per heavy atom. The molecule has 1 aromatic heterocycles. The van der Waals surface area contributed by atoms with Gasteiger partial charge in [-0.15, -0.1) is 0 Å². The molecule has 18 heavy (non-hydrogen) atoms. The van der Waals surface area contributed by atoms with Gasteiger partial charge in [0.15, 0.2) is 0 Å². The molecule has 0 saturated heterocycles. The maximum Gasteiger partial charge on any atom is 0.246 e. The van der Waals surface area contributed by atoms with Crippen LogP contribution in [0.3, 0.4) is 0 Å². The van der Waals surface area contributed by atoms with Crippen molar-refractivity contribution < 1.29 is 9.53 Å². The number of carbonyl (C=O) groups excluding carboxylic acids is 1. The van der Waals surface area contributed by atoms with E-state index in [1.54, 1.807) is 0 Å². The van der Waals surface area contributed by atoms with Crippen LogP contribution in [0.25, 0.3) is 11.0 Å². The van der Waals surface area contributed by atoms with Crippen LogP contribution in [0.15, 0.2) is 18.2 Å². The van der Waals surface area contributed by atoms with Gasteiger partial charge < -0.3 is 10.1 Å². The zero-order valence-corrected chi connectivity index (χ0v) is 11.0. The Balaban J connectivity index is 1.90. The number of fused-ring (bicyclic) bond motifs is 1. The topological polar surface area (TPSA) is 64.1 Å². The average molecular weight is 265 g/mol. The van der Waals surface area contributed by atoms with Gasteiger partial charge >= 0.3 is 0 Å². The molecule has 0 spiro atoms. The summed E-state index contributed by atoms with van der Waals surface area (Å²) in [5.41, 5.74) is 2.70. The highest BCUT2D eigenvalue weighted by Gasteiger charge is 2.06. The van der Waals surface area contributed by atoms with Gasteiger partial charge in [0.25, 0.3) is 0 Å². The smallest absolute Gasteiger partial charge is 0.246 e. The minimum atomic E-state index is -0.108. The second kappa shape index (κ2) is 6.42. The Hall–Kier alpha value is -1.53. The first-order valence-corrected chi connectivity index (χ1v) is 6.59. The molecule has 6 heteroatoms. The maximum atomic E-state index is 11.5. The summed E-state index contributed by atoms with van der Waals surface area (Å²) in [6, 6.07) is 5.77. The molecule has 0 aliphatic carbocycles. The Morgan fingerprint density at radius 1 is 1.44 bits per heavy atom. The number of hydrogen-bond acceptors (Lipinski definition) is 5. The normalized spacial score (nSPS) is 10.7. The fraction of sp³-hybridized carbons (Fsp3) is 0.417. The third-order valence-electron chi connectivity index (χ3n) is 2.43. The third-order valence-corrected chi connectivity index (χ3v) is 2.97. The number of nitrogens with one attached hydrogen (secondary N) is 1. The fourth-order valence-electron chi connectivity index (χ4n) is 1.56. The van der Waals surface area contributed by atoms with Crippen LogP contribution in [-0.4, -0.2) is 27.9 Å². The molecule has 1 N–H and O–H groups in total. The van der Waals surface area contributed by atoms with Crippen molar-refractivity contribution in [3.63, 3.8) is 0 Å². The second-order valence-electron chi connectivity index (χ2n) is 3.88. The van der Waals surface area contributed by atoms with Gasteiger partial charge in [-0.3, -0.25) is 4.79 Å². The minimum absolute atomic E-state index is 0.108. The Labute approximate surface area is 109 Å². The lowest BCUT2D eigenvalue weighted by Gasteiger charge is -2.06. The van der Waals surface area contributed by atoms with Crippen LogP contribution in [0.2, 0.25) is 0 Å². The van der Waals surface area contributed by atoms with Gasteiger partial charge in [0.05, 0.1) is 11.7 Å². The Bertz CT molecular complexity index is 527. The molecule has 0 aliphatic rings. The van der Waals surface area contributed by atoms with E-state index >= 15 is 0 Å². The van der Waals surface area contributed by atoms with Gasteiger partial charge in [0, 0.05) is 18.7 Å². The summed E-state index contributed by atoms with van der Waals surface area (Å²) < 4.78 is 13.5. The largest absolute Gasteiger partial charge is 0.372 e. The number of nitrogens with zero attached hydrogens (tertiary/aromatic N) is 2. The Kier molecular flexibility index (Phi) is 4.60. The zero-order valence-electron chi connectivity index (χ0n) is 10.2. The third kappa shape index (κ3) is 3.24. The molecular weight excluding hydrogens is 250 g/mol. The van der Waals surface area contributed by atoms with E-state index < -0.39 is 0 Å². The molecule has 1 heterocycles. The lowest BCUT2D eigenvalue weighted by atomic mass is 10.2. The first-order chi connectivity index (χ1) is 8.81. The van der Waals surface area contributed by atoms with Crippen LogP contribution < -0.4 is 5.32 Å². The predicted octanol–water partition coefficient (Wildman–Crippen LogP) is 1.73. The quantitative estimate of drug-likeness (QED) is 0.808. The Morgan fingerprint density at radius 2 is 2.33 bits per heavy atom. The van der Waals surface area contributed by atoms with Gasteiger partial charge in [0.2, 0.25) is 5.91 Å². The van der Waals surface area contributed by atoms with Crippen LogP contribution in [0.4, 0.5) is 0 Å².